The van der Waals surface area contributed by atoms with Crippen LogP contribution in [0.5, 0.6) is 5.88 Å². The number of aryl methyl sites for hydroxylation is 1. The number of hydrogen-bond acceptors (Lipinski definition) is 9. The van der Waals surface area contributed by atoms with Gasteiger partial charge >= 0.3 is 24.0 Å². The fourth-order valence-electron chi connectivity index (χ4n) is 5.60. The van der Waals surface area contributed by atoms with Crippen molar-refractivity contribution in [3.05, 3.63) is 46.8 Å². The van der Waals surface area contributed by atoms with E-state index < -0.39 is 37.5 Å². The molecule has 45 heavy (non-hydrogen) atoms. The van der Waals surface area contributed by atoms with Gasteiger partial charge < -0.3 is 18.9 Å². The molecule has 2 aromatic heterocycles. The van der Waals surface area contributed by atoms with E-state index in [-0.39, 0.29) is 53.6 Å². The van der Waals surface area contributed by atoms with Gasteiger partial charge in [0, 0.05) is 18.4 Å². The lowest BCUT2D eigenvalue weighted by molar-refractivity contribution is -0.154. The van der Waals surface area contributed by atoms with Gasteiger partial charge in [0.05, 0.1) is 6.57 Å². The predicted octanol–water partition coefficient (Wildman–Crippen LogP) is 6.04. The molecule has 1 aliphatic rings. The normalized spacial score (nSPS) is 19.4. The van der Waals surface area contributed by atoms with Crippen LogP contribution in [0.25, 0.3) is 21.9 Å². The second-order valence-electron chi connectivity index (χ2n) is 11.5. The first-order chi connectivity index (χ1) is 21.5. The highest BCUT2D eigenvalue weighted by Gasteiger charge is 2.37. The lowest BCUT2D eigenvalue weighted by atomic mass is 9.75. The SMILES string of the molecule is [C-]#[N+]c1c(C(=O)OC2C(C)CC(C)CC2C)c2nc(-c3ccc(C)cc3)[nH]n2c1OC(=O)N(COC(=O)CC)COC(=O)CC. The second-order valence-corrected chi connectivity index (χ2v) is 11.5. The van der Waals surface area contributed by atoms with Crippen LogP contribution < -0.4 is 4.74 Å². The van der Waals surface area contributed by atoms with Crippen molar-refractivity contribution in [3.63, 3.8) is 0 Å². The summed E-state index contributed by atoms with van der Waals surface area (Å²) in [4.78, 5) is 59.9. The van der Waals surface area contributed by atoms with E-state index in [0.29, 0.717) is 17.3 Å². The van der Waals surface area contributed by atoms with Crippen LogP contribution in [-0.2, 0) is 23.8 Å². The fourth-order valence-corrected chi connectivity index (χ4v) is 5.60. The summed E-state index contributed by atoms with van der Waals surface area (Å²) in [5, 5.41) is 3.03. The number of hydrogen-bond donors (Lipinski definition) is 1. The van der Waals surface area contributed by atoms with Crippen LogP contribution in [0.2, 0.25) is 0 Å². The smallest absolute Gasteiger partial charge is 0.420 e. The van der Waals surface area contributed by atoms with Gasteiger partial charge in [-0.3, -0.25) is 14.7 Å². The topological polar surface area (TPSA) is 146 Å². The number of H-pyrrole nitrogens is 1. The zero-order valence-corrected chi connectivity index (χ0v) is 26.4. The number of benzene rings is 1. The average molecular weight is 622 g/mol. The zero-order chi connectivity index (χ0) is 32.8. The highest BCUT2D eigenvalue weighted by molar-refractivity contribution is 6.05. The molecule has 0 saturated heterocycles. The van der Waals surface area contributed by atoms with Crippen molar-refractivity contribution in [1.29, 1.82) is 0 Å². The van der Waals surface area contributed by atoms with Gasteiger partial charge in [-0.15, -0.1) is 0 Å². The number of aromatic amines is 1. The van der Waals surface area contributed by atoms with E-state index in [1.165, 1.54) is 4.52 Å². The molecular weight excluding hydrogens is 582 g/mol. The zero-order valence-electron chi connectivity index (χ0n) is 26.4. The lowest BCUT2D eigenvalue weighted by Gasteiger charge is -2.37. The van der Waals surface area contributed by atoms with Gasteiger partial charge in [0.15, 0.2) is 24.9 Å². The number of esters is 3. The van der Waals surface area contributed by atoms with E-state index in [1.807, 2.05) is 45.0 Å². The predicted molar refractivity (Wildman–Crippen MR) is 162 cm³/mol. The van der Waals surface area contributed by atoms with Crippen LogP contribution in [-0.4, -0.2) is 63.1 Å². The van der Waals surface area contributed by atoms with Gasteiger partial charge in [0.25, 0.3) is 5.69 Å². The maximum atomic E-state index is 13.8. The van der Waals surface area contributed by atoms with Crippen LogP contribution in [0, 0.1) is 31.2 Å². The van der Waals surface area contributed by atoms with Gasteiger partial charge in [-0.2, -0.15) is 0 Å². The number of nitrogens with zero attached hydrogens (tertiary/aromatic N) is 4. The molecule has 0 aliphatic heterocycles. The Hall–Kier alpha value is -4.86. The minimum Gasteiger partial charge on any atom is -0.459 e. The highest BCUT2D eigenvalue weighted by Crippen LogP contribution is 2.41. The summed E-state index contributed by atoms with van der Waals surface area (Å²) in [6.07, 6.45) is 0.428. The van der Waals surface area contributed by atoms with Crippen LogP contribution in [0.4, 0.5) is 10.5 Å². The van der Waals surface area contributed by atoms with Crippen LogP contribution in [0.1, 0.15) is 76.2 Å². The first-order valence-corrected chi connectivity index (χ1v) is 15.0. The molecule has 0 bridgehead atoms. The largest absolute Gasteiger partial charge is 0.459 e. The first kappa shape index (κ1) is 33.0. The van der Waals surface area contributed by atoms with Crippen LogP contribution in [0.3, 0.4) is 0 Å². The Morgan fingerprint density at radius 2 is 1.58 bits per heavy atom. The molecule has 240 valence electrons. The fraction of sp³-hybridized carbons (Fsp3) is 0.500. The first-order valence-electron chi connectivity index (χ1n) is 15.0. The maximum absolute atomic E-state index is 13.8. The molecule has 13 nitrogen and oxygen atoms in total. The number of amides is 1. The molecule has 1 aromatic carbocycles. The standard InChI is InChI=1S/C32H39N5O8/c1-8-23(38)42-16-36(17-43-24(39)9-2)32(41)45-30-26(33-7)25(31(40)44-27-20(5)14-19(4)15-21(27)6)29-34-28(35-37(29)30)22-12-10-18(3)11-13-22/h10-13,19-21,27H,8-9,14-17H2,1-6H3,(H,34,35). The van der Waals surface area contributed by atoms with E-state index >= 15 is 0 Å². The van der Waals surface area contributed by atoms with Gasteiger partial charge in [0.2, 0.25) is 5.88 Å². The summed E-state index contributed by atoms with van der Waals surface area (Å²) in [6, 6.07) is 7.47. The summed E-state index contributed by atoms with van der Waals surface area (Å²) in [5.41, 5.74) is 1.32. The summed E-state index contributed by atoms with van der Waals surface area (Å²) in [6.45, 7) is 18.2. The molecule has 1 amide bonds. The Balaban J connectivity index is 1.76. The van der Waals surface area contributed by atoms with E-state index in [0.717, 1.165) is 23.3 Å². The quantitative estimate of drug-likeness (QED) is 0.124. The third-order valence-corrected chi connectivity index (χ3v) is 7.85. The van der Waals surface area contributed by atoms with E-state index in [1.54, 1.807) is 13.8 Å². The van der Waals surface area contributed by atoms with Crippen molar-refractivity contribution in [2.45, 2.75) is 73.3 Å². The van der Waals surface area contributed by atoms with Crippen molar-refractivity contribution in [3.8, 4) is 17.3 Å². The summed E-state index contributed by atoms with van der Waals surface area (Å²) in [5.74, 6) is -1.21. The van der Waals surface area contributed by atoms with E-state index in [9.17, 15) is 19.2 Å². The van der Waals surface area contributed by atoms with Gasteiger partial charge in [-0.05, 0) is 37.5 Å². The van der Waals surface area contributed by atoms with Crippen molar-refractivity contribution >= 4 is 35.3 Å². The minimum absolute atomic E-state index is 0.0373. The molecule has 2 unspecified atom stereocenters. The Morgan fingerprint density at radius 3 is 2.11 bits per heavy atom. The second kappa shape index (κ2) is 14.3. The van der Waals surface area contributed by atoms with Gasteiger partial charge in [-0.25, -0.2) is 28.8 Å². The molecule has 3 aromatic rings. The number of rotatable bonds is 10. The molecule has 2 heterocycles. The molecule has 1 N–H and O–H groups in total. The summed E-state index contributed by atoms with van der Waals surface area (Å²) < 4.78 is 23.1. The molecule has 4 rings (SSSR count). The Bertz CT molecular complexity index is 1570. The number of carbonyl (C=O) groups is 4. The molecule has 13 heteroatoms. The number of ether oxygens (including phenoxy) is 4. The average Bonchev–Trinajstić information content (AvgIpc) is 3.56. The Labute approximate surface area is 261 Å². The van der Waals surface area contributed by atoms with Crippen LogP contribution >= 0.6 is 0 Å². The molecule has 0 spiro atoms. The molecule has 1 aliphatic carbocycles. The Morgan fingerprint density at radius 1 is 1.00 bits per heavy atom. The van der Waals surface area contributed by atoms with Crippen LogP contribution in [0.15, 0.2) is 24.3 Å². The van der Waals surface area contributed by atoms with Gasteiger partial charge in [-0.1, -0.05) is 64.4 Å². The van der Waals surface area contributed by atoms with Gasteiger partial charge in [0.1, 0.15) is 11.7 Å². The molecule has 0 radical (unpaired) electrons. The number of nitrogens with one attached hydrogen (secondary N) is 1. The minimum atomic E-state index is -1.10. The molecule has 1 fully saturated rings. The summed E-state index contributed by atoms with van der Waals surface area (Å²) in [7, 11) is 0. The Kier molecular flexibility index (Phi) is 10.5. The monoisotopic (exact) mass is 621 g/mol. The molecule has 2 atom stereocenters. The van der Waals surface area contributed by atoms with Crippen molar-refractivity contribution in [1.82, 2.24) is 19.5 Å². The van der Waals surface area contributed by atoms with E-state index in [4.69, 9.17) is 25.5 Å². The number of carbonyl (C=O) groups excluding carboxylic acids is 4. The van der Waals surface area contributed by atoms with Crippen molar-refractivity contribution < 1.29 is 38.1 Å². The third-order valence-electron chi connectivity index (χ3n) is 7.85. The van der Waals surface area contributed by atoms with Crippen molar-refractivity contribution in [2.24, 2.45) is 17.8 Å². The number of aromatic nitrogens is 3. The van der Waals surface area contributed by atoms with E-state index in [2.05, 4.69) is 21.9 Å². The molecular formula is C32H39N5O8. The molecule has 1 saturated carbocycles. The maximum Gasteiger partial charge on any atom is 0.420 e. The third kappa shape index (κ3) is 7.45. The highest BCUT2D eigenvalue weighted by atomic mass is 16.6. The summed E-state index contributed by atoms with van der Waals surface area (Å²) >= 11 is 0. The lowest BCUT2D eigenvalue weighted by Crippen LogP contribution is -2.39. The number of fused-ring (bicyclic) bond motifs is 1. The van der Waals surface area contributed by atoms with Crippen molar-refractivity contribution in [2.75, 3.05) is 13.5 Å².